The number of hydrogen-bond acceptors (Lipinski definition) is 0. The zero-order chi connectivity index (χ0) is 12.0. The van der Waals surface area contributed by atoms with E-state index in [2.05, 4.69) is 64.1 Å². The van der Waals surface area contributed by atoms with Crippen LogP contribution < -0.4 is 0 Å². The van der Waals surface area contributed by atoms with Gasteiger partial charge >= 0.3 is 0 Å². The highest BCUT2D eigenvalue weighted by atomic mass is 14.2. The molecule has 0 bridgehead atoms. The lowest BCUT2D eigenvalue weighted by Crippen LogP contribution is -2.15. The summed E-state index contributed by atoms with van der Waals surface area (Å²) in [7, 11) is 0. The lowest BCUT2D eigenvalue weighted by Gasteiger charge is -2.23. The molecule has 0 aliphatic carbocycles. The highest BCUT2D eigenvalue weighted by molar-refractivity contribution is 5.28. The lowest BCUT2D eigenvalue weighted by molar-refractivity contribution is 0.506. The van der Waals surface area contributed by atoms with Gasteiger partial charge in [-0.25, -0.2) is 0 Å². The van der Waals surface area contributed by atoms with Crippen molar-refractivity contribution in [2.75, 3.05) is 0 Å². The van der Waals surface area contributed by atoms with E-state index in [9.17, 15) is 0 Å². The fraction of sp³-hybridized carbons (Fsp3) is 0.500. The molecule has 0 saturated heterocycles. The molecule has 0 heteroatoms. The SMILES string of the molecule is CC=CCCc1ccc(C(C)(C)CC)cc1. The smallest absolute Gasteiger partial charge is 0.0106 e. The first kappa shape index (κ1) is 13.0. The van der Waals surface area contributed by atoms with Gasteiger partial charge in [0.2, 0.25) is 0 Å². The Morgan fingerprint density at radius 1 is 1.12 bits per heavy atom. The molecule has 0 nitrogen and oxygen atoms in total. The summed E-state index contributed by atoms with van der Waals surface area (Å²) in [5.74, 6) is 0. The largest absolute Gasteiger partial charge is 0.0917 e. The maximum Gasteiger partial charge on any atom is -0.0106 e. The molecule has 0 aliphatic rings. The van der Waals surface area contributed by atoms with Crippen molar-refractivity contribution in [3.63, 3.8) is 0 Å². The molecule has 0 spiro atoms. The molecule has 1 aromatic rings. The molecular weight excluding hydrogens is 192 g/mol. The van der Waals surface area contributed by atoms with Crippen molar-refractivity contribution in [1.29, 1.82) is 0 Å². The molecular formula is C16H24. The molecule has 0 radical (unpaired) electrons. The Morgan fingerprint density at radius 3 is 2.25 bits per heavy atom. The van der Waals surface area contributed by atoms with Crippen LogP contribution in [0.1, 0.15) is 51.7 Å². The molecule has 88 valence electrons. The summed E-state index contributed by atoms with van der Waals surface area (Å²) in [5.41, 5.74) is 3.19. The van der Waals surface area contributed by atoms with Gasteiger partial charge in [0.15, 0.2) is 0 Å². The van der Waals surface area contributed by atoms with Gasteiger partial charge in [-0.1, -0.05) is 57.2 Å². The summed E-state index contributed by atoms with van der Waals surface area (Å²) in [6, 6.07) is 9.12. The summed E-state index contributed by atoms with van der Waals surface area (Å²) in [6.07, 6.45) is 7.83. The first-order valence-electron chi connectivity index (χ1n) is 6.30. The third-order valence-electron chi connectivity index (χ3n) is 3.45. The Balaban J connectivity index is 2.68. The molecule has 1 aromatic carbocycles. The maximum atomic E-state index is 2.31. The van der Waals surface area contributed by atoms with E-state index < -0.39 is 0 Å². The van der Waals surface area contributed by atoms with E-state index in [-0.39, 0.29) is 0 Å². The first-order valence-corrected chi connectivity index (χ1v) is 6.30. The van der Waals surface area contributed by atoms with E-state index in [4.69, 9.17) is 0 Å². The van der Waals surface area contributed by atoms with Gasteiger partial charge in [0.25, 0.3) is 0 Å². The Bertz CT molecular complexity index is 328. The summed E-state index contributed by atoms with van der Waals surface area (Å²) < 4.78 is 0. The molecule has 0 fully saturated rings. The molecule has 0 aromatic heterocycles. The zero-order valence-corrected chi connectivity index (χ0v) is 11.1. The van der Waals surface area contributed by atoms with E-state index >= 15 is 0 Å². The molecule has 0 unspecified atom stereocenters. The average Bonchev–Trinajstić information content (AvgIpc) is 2.30. The van der Waals surface area contributed by atoms with E-state index in [1.165, 1.54) is 17.5 Å². The molecule has 16 heavy (non-hydrogen) atoms. The van der Waals surface area contributed by atoms with Crippen molar-refractivity contribution in [1.82, 2.24) is 0 Å². The predicted molar refractivity (Wildman–Crippen MR) is 72.9 cm³/mol. The highest BCUT2D eigenvalue weighted by Gasteiger charge is 2.17. The maximum absolute atomic E-state index is 2.31. The molecule has 0 saturated carbocycles. The first-order chi connectivity index (χ1) is 7.60. The van der Waals surface area contributed by atoms with Crippen molar-refractivity contribution in [3.05, 3.63) is 47.5 Å². The number of benzene rings is 1. The minimum Gasteiger partial charge on any atom is -0.0917 e. The van der Waals surface area contributed by atoms with Crippen LogP contribution in [0.4, 0.5) is 0 Å². The minimum absolute atomic E-state index is 0.307. The van der Waals surface area contributed by atoms with Crippen LogP contribution in [0.15, 0.2) is 36.4 Å². The Kier molecular flexibility index (Phi) is 4.79. The van der Waals surface area contributed by atoms with Crippen LogP contribution >= 0.6 is 0 Å². The summed E-state index contributed by atoms with van der Waals surface area (Å²) in [6.45, 7) is 8.94. The van der Waals surface area contributed by atoms with Crippen molar-refractivity contribution in [2.45, 2.75) is 52.4 Å². The normalized spacial score (nSPS) is 12.2. The van der Waals surface area contributed by atoms with Gasteiger partial charge in [-0.15, -0.1) is 0 Å². The van der Waals surface area contributed by atoms with Gasteiger partial charge in [0.05, 0.1) is 0 Å². The average molecular weight is 216 g/mol. The fourth-order valence-electron chi connectivity index (χ4n) is 1.74. The molecule has 1 rings (SSSR count). The third-order valence-corrected chi connectivity index (χ3v) is 3.45. The topological polar surface area (TPSA) is 0 Å². The van der Waals surface area contributed by atoms with Gasteiger partial charge in [0, 0.05) is 0 Å². The molecule has 0 aliphatic heterocycles. The second-order valence-corrected chi connectivity index (χ2v) is 5.04. The molecule has 0 N–H and O–H groups in total. The zero-order valence-electron chi connectivity index (χ0n) is 11.1. The molecule has 0 atom stereocenters. The number of aryl methyl sites for hydroxylation is 1. The fourth-order valence-corrected chi connectivity index (χ4v) is 1.74. The third kappa shape index (κ3) is 3.52. The van der Waals surface area contributed by atoms with E-state index in [1.807, 2.05) is 0 Å². The van der Waals surface area contributed by atoms with Gasteiger partial charge in [-0.05, 0) is 42.7 Å². The van der Waals surface area contributed by atoms with Crippen LogP contribution in [0.5, 0.6) is 0 Å². The van der Waals surface area contributed by atoms with Gasteiger partial charge in [0.1, 0.15) is 0 Å². The van der Waals surface area contributed by atoms with Crippen LogP contribution in [0.2, 0.25) is 0 Å². The minimum atomic E-state index is 0.307. The highest BCUT2D eigenvalue weighted by Crippen LogP contribution is 2.26. The standard InChI is InChI=1S/C16H24/c1-5-7-8-9-14-10-12-15(13-11-14)16(3,4)6-2/h5,7,10-13H,6,8-9H2,1-4H3. The van der Waals surface area contributed by atoms with Gasteiger partial charge in [-0.3, -0.25) is 0 Å². The summed E-state index contributed by atoms with van der Waals surface area (Å²) >= 11 is 0. The quantitative estimate of drug-likeness (QED) is 0.615. The molecule has 0 amide bonds. The molecule has 0 heterocycles. The van der Waals surface area contributed by atoms with E-state index in [0.29, 0.717) is 5.41 Å². The van der Waals surface area contributed by atoms with Crippen LogP contribution in [-0.2, 0) is 11.8 Å². The Hall–Kier alpha value is -1.04. The van der Waals surface area contributed by atoms with Crippen molar-refractivity contribution in [3.8, 4) is 0 Å². The second-order valence-electron chi connectivity index (χ2n) is 5.04. The van der Waals surface area contributed by atoms with Gasteiger partial charge in [-0.2, -0.15) is 0 Å². The van der Waals surface area contributed by atoms with Crippen LogP contribution in [0.25, 0.3) is 0 Å². The van der Waals surface area contributed by atoms with E-state index in [1.54, 1.807) is 0 Å². The lowest BCUT2D eigenvalue weighted by atomic mass is 9.82. The van der Waals surface area contributed by atoms with Crippen LogP contribution in [-0.4, -0.2) is 0 Å². The predicted octanol–water partition coefficient (Wildman–Crippen LogP) is 4.88. The van der Waals surface area contributed by atoms with Crippen molar-refractivity contribution in [2.24, 2.45) is 0 Å². The van der Waals surface area contributed by atoms with Crippen molar-refractivity contribution < 1.29 is 0 Å². The Labute approximate surface area is 100 Å². The monoisotopic (exact) mass is 216 g/mol. The number of hydrogen-bond donors (Lipinski definition) is 0. The van der Waals surface area contributed by atoms with Gasteiger partial charge < -0.3 is 0 Å². The Morgan fingerprint density at radius 2 is 1.75 bits per heavy atom. The van der Waals surface area contributed by atoms with Crippen LogP contribution in [0.3, 0.4) is 0 Å². The van der Waals surface area contributed by atoms with Crippen molar-refractivity contribution >= 4 is 0 Å². The summed E-state index contributed by atoms with van der Waals surface area (Å²) in [5, 5.41) is 0. The number of rotatable bonds is 5. The van der Waals surface area contributed by atoms with Crippen LogP contribution in [0, 0.1) is 0 Å². The van der Waals surface area contributed by atoms with E-state index in [0.717, 1.165) is 12.8 Å². The number of allylic oxidation sites excluding steroid dienone is 2. The second kappa shape index (κ2) is 5.89. The summed E-state index contributed by atoms with van der Waals surface area (Å²) in [4.78, 5) is 0.